The van der Waals surface area contributed by atoms with Crippen molar-refractivity contribution in [2.24, 2.45) is 5.41 Å². The Morgan fingerprint density at radius 2 is 1.80 bits per heavy atom. The number of benzene rings is 1. The first kappa shape index (κ1) is 21.4. The molecule has 2 amide bonds. The largest absolute Gasteiger partial charge is 0.351 e. The van der Waals surface area contributed by atoms with E-state index < -0.39 is 5.41 Å². The van der Waals surface area contributed by atoms with Crippen LogP contribution in [0.15, 0.2) is 24.3 Å². The zero-order chi connectivity index (χ0) is 17.6. The summed E-state index contributed by atoms with van der Waals surface area (Å²) in [6, 6.07) is 7.11. The first-order valence-electron chi connectivity index (χ1n) is 8.49. The highest BCUT2D eigenvalue weighted by atomic mass is 35.5. The molecule has 1 aromatic carbocycles. The predicted octanol–water partition coefficient (Wildman–Crippen LogP) is 1.73. The average molecular weight is 369 g/mol. The molecule has 0 aliphatic carbocycles. The van der Waals surface area contributed by atoms with Crippen LogP contribution in [0, 0.1) is 5.41 Å². The molecule has 2 rings (SSSR count). The van der Waals surface area contributed by atoms with Crippen LogP contribution in [-0.2, 0) is 4.79 Å². The summed E-state index contributed by atoms with van der Waals surface area (Å²) in [6.07, 6.45) is 0. The van der Waals surface area contributed by atoms with E-state index in [4.69, 9.17) is 0 Å². The van der Waals surface area contributed by atoms with Crippen LogP contribution in [0.4, 0.5) is 5.69 Å². The average Bonchev–Trinajstić information content (AvgIpc) is 2.55. The van der Waals surface area contributed by atoms with E-state index in [-0.39, 0.29) is 24.2 Å². The van der Waals surface area contributed by atoms with Crippen LogP contribution in [0.25, 0.3) is 0 Å². The molecule has 0 unspecified atom stereocenters. The van der Waals surface area contributed by atoms with Crippen molar-refractivity contribution in [1.29, 1.82) is 0 Å². The summed E-state index contributed by atoms with van der Waals surface area (Å²) in [7, 11) is 0. The molecule has 1 aliphatic heterocycles. The Kier molecular flexibility index (Phi) is 8.35. The first-order chi connectivity index (χ1) is 11.4. The molecule has 7 heteroatoms. The zero-order valence-corrected chi connectivity index (χ0v) is 16.0. The lowest BCUT2D eigenvalue weighted by atomic mass is 9.95. The van der Waals surface area contributed by atoms with Crippen molar-refractivity contribution >= 4 is 29.9 Å². The standard InChI is InChI=1S/C18H28N4O2.ClH/c1-18(2,3)17(24)21-15-7-5-4-6-14(15)16(23)20-10-13-22-11-8-19-9-12-22;/h4-7,19H,8-13H2,1-3H3,(H,20,23)(H,21,24);1H. The van der Waals surface area contributed by atoms with E-state index in [9.17, 15) is 9.59 Å². The maximum absolute atomic E-state index is 12.4. The Morgan fingerprint density at radius 3 is 2.44 bits per heavy atom. The minimum Gasteiger partial charge on any atom is -0.351 e. The third-order valence-corrected chi connectivity index (χ3v) is 4.02. The van der Waals surface area contributed by atoms with Gasteiger partial charge in [-0.1, -0.05) is 32.9 Å². The lowest BCUT2D eigenvalue weighted by molar-refractivity contribution is -0.123. The summed E-state index contributed by atoms with van der Waals surface area (Å²) in [5.41, 5.74) is 0.541. The highest BCUT2D eigenvalue weighted by molar-refractivity contribution is 6.04. The molecule has 25 heavy (non-hydrogen) atoms. The van der Waals surface area contributed by atoms with Crippen molar-refractivity contribution in [3.8, 4) is 0 Å². The number of nitrogens with one attached hydrogen (secondary N) is 3. The number of amides is 2. The summed E-state index contributed by atoms with van der Waals surface area (Å²) < 4.78 is 0. The van der Waals surface area contributed by atoms with E-state index in [2.05, 4.69) is 20.9 Å². The Labute approximate surface area is 156 Å². The smallest absolute Gasteiger partial charge is 0.253 e. The number of para-hydroxylation sites is 1. The molecular formula is C18H29ClN4O2. The molecule has 6 nitrogen and oxygen atoms in total. The van der Waals surface area contributed by atoms with Gasteiger partial charge in [0.1, 0.15) is 0 Å². The zero-order valence-electron chi connectivity index (χ0n) is 15.2. The second-order valence-corrected chi connectivity index (χ2v) is 7.10. The number of halogens is 1. The normalized spacial score (nSPS) is 15.2. The summed E-state index contributed by atoms with van der Waals surface area (Å²) >= 11 is 0. The molecule has 1 saturated heterocycles. The maximum Gasteiger partial charge on any atom is 0.253 e. The van der Waals surface area contributed by atoms with Gasteiger partial charge in [-0.05, 0) is 12.1 Å². The molecule has 1 heterocycles. The molecule has 140 valence electrons. The molecule has 0 radical (unpaired) electrons. The Hall–Kier alpha value is -1.63. The minimum absolute atomic E-state index is 0. The summed E-state index contributed by atoms with van der Waals surface area (Å²) in [5.74, 6) is -0.265. The number of nitrogens with zero attached hydrogens (tertiary/aromatic N) is 1. The number of piperazine rings is 1. The topological polar surface area (TPSA) is 73.5 Å². The molecule has 1 fully saturated rings. The van der Waals surface area contributed by atoms with E-state index >= 15 is 0 Å². The Bertz CT molecular complexity index is 581. The first-order valence-corrected chi connectivity index (χ1v) is 8.49. The lowest BCUT2D eigenvalue weighted by Gasteiger charge is -2.27. The molecule has 0 spiro atoms. The second-order valence-electron chi connectivity index (χ2n) is 7.10. The van der Waals surface area contributed by atoms with E-state index in [1.807, 2.05) is 26.8 Å². The van der Waals surface area contributed by atoms with E-state index in [1.54, 1.807) is 18.2 Å². The van der Waals surface area contributed by atoms with Gasteiger partial charge in [-0.2, -0.15) is 0 Å². The minimum atomic E-state index is -0.508. The van der Waals surface area contributed by atoms with Gasteiger partial charge in [0.15, 0.2) is 0 Å². The van der Waals surface area contributed by atoms with Crippen molar-refractivity contribution in [2.45, 2.75) is 20.8 Å². The number of anilines is 1. The summed E-state index contributed by atoms with van der Waals surface area (Å²) in [4.78, 5) is 26.9. The van der Waals surface area contributed by atoms with Gasteiger partial charge >= 0.3 is 0 Å². The molecular weight excluding hydrogens is 340 g/mol. The van der Waals surface area contributed by atoms with Crippen molar-refractivity contribution in [3.05, 3.63) is 29.8 Å². The van der Waals surface area contributed by atoms with Crippen LogP contribution in [-0.4, -0.2) is 56.0 Å². The molecule has 1 aliphatic rings. The Balaban J connectivity index is 0.00000312. The van der Waals surface area contributed by atoms with Crippen LogP contribution in [0.3, 0.4) is 0 Å². The van der Waals surface area contributed by atoms with Crippen molar-refractivity contribution < 1.29 is 9.59 Å². The second kappa shape index (κ2) is 9.75. The molecule has 0 bridgehead atoms. The van der Waals surface area contributed by atoms with Crippen molar-refractivity contribution in [3.63, 3.8) is 0 Å². The van der Waals surface area contributed by atoms with Crippen LogP contribution in [0.2, 0.25) is 0 Å². The number of hydrogen-bond donors (Lipinski definition) is 3. The van der Waals surface area contributed by atoms with Crippen LogP contribution in [0.5, 0.6) is 0 Å². The fourth-order valence-electron chi connectivity index (χ4n) is 2.46. The van der Waals surface area contributed by atoms with E-state index in [0.29, 0.717) is 17.8 Å². The quantitative estimate of drug-likeness (QED) is 0.740. The van der Waals surface area contributed by atoms with Gasteiger partial charge in [-0.25, -0.2) is 0 Å². The van der Waals surface area contributed by atoms with Gasteiger partial charge in [0, 0.05) is 44.7 Å². The molecule has 3 N–H and O–H groups in total. The fraction of sp³-hybridized carbons (Fsp3) is 0.556. The summed E-state index contributed by atoms with van der Waals surface area (Å²) in [5, 5.41) is 9.11. The number of hydrogen-bond acceptors (Lipinski definition) is 4. The maximum atomic E-state index is 12.4. The highest BCUT2D eigenvalue weighted by Gasteiger charge is 2.23. The summed E-state index contributed by atoms with van der Waals surface area (Å²) in [6.45, 7) is 11.0. The number of carbonyl (C=O) groups excluding carboxylic acids is 2. The van der Waals surface area contributed by atoms with Crippen LogP contribution < -0.4 is 16.0 Å². The molecule has 0 atom stereocenters. The lowest BCUT2D eigenvalue weighted by Crippen LogP contribution is -2.46. The third-order valence-electron chi connectivity index (χ3n) is 4.02. The fourth-order valence-corrected chi connectivity index (χ4v) is 2.46. The SMILES string of the molecule is CC(C)(C)C(=O)Nc1ccccc1C(=O)NCCN1CCNCC1.Cl. The van der Waals surface area contributed by atoms with E-state index in [0.717, 1.165) is 32.7 Å². The van der Waals surface area contributed by atoms with Crippen molar-refractivity contribution in [1.82, 2.24) is 15.5 Å². The monoisotopic (exact) mass is 368 g/mol. The Morgan fingerprint density at radius 1 is 1.16 bits per heavy atom. The number of rotatable bonds is 5. The third kappa shape index (κ3) is 6.65. The van der Waals surface area contributed by atoms with Gasteiger partial charge in [0.05, 0.1) is 11.3 Å². The van der Waals surface area contributed by atoms with Crippen LogP contribution >= 0.6 is 12.4 Å². The highest BCUT2D eigenvalue weighted by Crippen LogP contribution is 2.20. The molecule has 0 aromatic heterocycles. The van der Waals surface area contributed by atoms with Crippen molar-refractivity contribution in [2.75, 3.05) is 44.6 Å². The molecule has 0 saturated carbocycles. The number of carbonyl (C=O) groups is 2. The van der Waals surface area contributed by atoms with Crippen LogP contribution in [0.1, 0.15) is 31.1 Å². The van der Waals surface area contributed by atoms with Gasteiger partial charge in [-0.3, -0.25) is 14.5 Å². The predicted molar refractivity (Wildman–Crippen MR) is 103 cm³/mol. The van der Waals surface area contributed by atoms with Gasteiger partial charge in [0.25, 0.3) is 5.91 Å². The van der Waals surface area contributed by atoms with E-state index in [1.165, 1.54) is 0 Å². The van der Waals surface area contributed by atoms with Gasteiger partial charge < -0.3 is 16.0 Å². The van der Waals surface area contributed by atoms with Gasteiger partial charge in [0.2, 0.25) is 5.91 Å². The van der Waals surface area contributed by atoms with Gasteiger partial charge in [-0.15, -0.1) is 12.4 Å². The molecule has 1 aromatic rings.